The average Bonchev–Trinajstić information content (AvgIpc) is 2.89. The summed E-state index contributed by atoms with van der Waals surface area (Å²) in [4.78, 5) is 12.9. The monoisotopic (exact) mass is 308 g/mol. The second-order valence-electron chi connectivity index (χ2n) is 5.80. The van der Waals surface area contributed by atoms with Gasteiger partial charge in [-0.1, -0.05) is 0 Å². The lowest BCUT2D eigenvalue weighted by molar-refractivity contribution is 0.00530. The van der Waals surface area contributed by atoms with Crippen molar-refractivity contribution >= 4 is 17.3 Å². The Kier molecular flexibility index (Phi) is 4.75. The van der Waals surface area contributed by atoms with Crippen molar-refractivity contribution in [3.05, 3.63) is 15.6 Å². The predicted molar refractivity (Wildman–Crippen MR) is 85.9 cm³/mol. The Morgan fingerprint density at radius 1 is 1.48 bits per heavy atom. The highest BCUT2D eigenvalue weighted by Gasteiger charge is 2.18. The van der Waals surface area contributed by atoms with Crippen LogP contribution in [-0.4, -0.2) is 48.2 Å². The third kappa shape index (κ3) is 3.74. The molecule has 0 radical (unpaired) electrons. The van der Waals surface area contributed by atoms with E-state index in [0.717, 1.165) is 39.1 Å². The van der Waals surface area contributed by atoms with Crippen LogP contribution >= 0.6 is 11.3 Å². The Balaban J connectivity index is 1.52. The van der Waals surface area contributed by atoms with E-state index >= 15 is 0 Å². The summed E-state index contributed by atoms with van der Waals surface area (Å²) in [6, 6.07) is 0. The standard InChI is InChI=1S/C15H24N4OS/c1-11-10-19(8-9-20-11)15(16)17-7-6-14-18-12-4-2-3-5-13(12)21-14/h11H,2-10H2,1H3,(H2,16,17). The Morgan fingerprint density at radius 2 is 2.33 bits per heavy atom. The second kappa shape index (κ2) is 6.75. The van der Waals surface area contributed by atoms with E-state index in [9.17, 15) is 0 Å². The molecule has 1 saturated heterocycles. The van der Waals surface area contributed by atoms with Gasteiger partial charge in [0.25, 0.3) is 0 Å². The fourth-order valence-corrected chi connectivity index (χ4v) is 4.05. The number of aryl methyl sites for hydroxylation is 2. The molecule has 1 unspecified atom stereocenters. The number of hydrogen-bond acceptors (Lipinski definition) is 4. The minimum absolute atomic E-state index is 0.234. The van der Waals surface area contributed by atoms with Crippen LogP contribution in [0.15, 0.2) is 4.99 Å². The molecule has 1 aromatic heterocycles. The van der Waals surface area contributed by atoms with Crippen molar-refractivity contribution in [1.82, 2.24) is 9.88 Å². The first-order chi connectivity index (χ1) is 10.2. The van der Waals surface area contributed by atoms with Crippen LogP contribution in [0.2, 0.25) is 0 Å². The maximum absolute atomic E-state index is 6.08. The van der Waals surface area contributed by atoms with Gasteiger partial charge in [-0.05, 0) is 32.6 Å². The van der Waals surface area contributed by atoms with E-state index in [1.54, 1.807) is 0 Å². The molecule has 1 fully saturated rings. The van der Waals surface area contributed by atoms with Gasteiger partial charge in [0.1, 0.15) is 0 Å². The highest BCUT2D eigenvalue weighted by Crippen LogP contribution is 2.26. The highest BCUT2D eigenvalue weighted by atomic mass is 32.1. The number of ether oxygens (including phenoxy) is 1. The highest BCUT2D eigenvalue weighted by molar-refractivity contribution is 7.11. The SMILES string of the molecule is CC1CN(C(N)=NCCc2nc3c(s2)CCCC3)CCO1. The lowest BCUT2D eigenvalue weighted by Crippen LogP contribution is -2.47. The van der Waals surface area contributed by atoms with Crippen molar-refractivity contribution in [2.24, 2.45) is 10.7 Å². The van der Waals surface area contributed by atoms with E-state index in [0.29, 0.717) is 5.96 Å². The minimum Gasteiger partial charge on any atom is -0.375 e. The smallest absolute Gasteiger partial charge is 0.191 e. The van der Waals surface area contributed by atoms with Gasteiger partial charge in [-0.3, -0.25) is 4.99 Å². The average molecular weight is 308 g/mol. The maximum Gasteiger partial charge on any atom is 0.191 e. The van der Waals surface area contributed by atoms with E-state index in [-0.39, 0.29) is 6.10 Å². The van der Waals surface area contributed by atoms with Gasteiger partial charge in [0.05, 0.1) is 23.4 Å². The number of nitrogens with zero attached hydrogens (tertiary/aromatic N) is 3. The third-order valence-corrected chi connectivity index (χ3v) is 5.27. The van der Waals surface area contributed by atoms with Crippen LogP contribution in [0.1, 0.15) is 35.3 Å². The van der Waals surface area contributed by atoms with Gasteiger partial charge in [0.2, 0.25) is 0 Å². The molecule has 0 amide bonds. The molecule has 1 atom stereocenters. The molecule has 1 aliphatic carbocycles. The topological polar surface area (TPSA) is 63.7 Å². The number of aliphatic imine (C=N–C) groups is 1. The molecule has 0 bridgehead atoms. The zero-order valence-electron chi connectivity index (χ0n) is 12.7. The van der Waals surface area contributed by atoms with Gasteiger partial charge < -0.3 is 15.4 Å². The fourth-order valence-electron chi connectivity index (χ4n) is 2.91. The van der Waals surface area contributed by atoms with Crippen LogP contribution in [0, 0.1) is 0 Å². The molecular weight excluding hydrogens is 284 g/mol. The summed E-state index contributed by atoms with van der Waals surface area (Å²) in [5.74, 6) is 0.645. The summed E-state index contributed by atoms with van der Waals surface area (Å²) in [7, 11) is 0. The van der Waals surface area contributed by atoms with E-state index in [4.69, 9.17) is 15.5 Å². The van der Waals surface area contributed by atoms with Gasteiger partial charge in [-0.25, -0.2) is 4.98 Å². The van der Waals surface area contributed by atoms with Crippen molar-refractivity contribution in [2.45, 2.75) is 45.1 Å². The second-order valence-corrected chi connectivity index (χ2v) is 6.97. The van der Waals surface area contributed by atoms with Gasteiger partial charge in [0, 0.05) is 30.9 Å². The molecule has 2 aliphatic rings. The molecule has 0 saturated carbocycles. The zero-order chi connectivity index (χ0) is 14.7. The molecule has 0 aromatic carbocycles. The number of hydrogen-bond donors (Lipinski definition) is 1. The number of aromatic nitrogens is 1. The van der Waals surface area contributed by atoms with Gasteiger partial charge in [-0.15, -0.1) is 11.3 Å². The predicted octanol–water partition coefficient (Wildman–Crippen LogP) is 1.60. The molecule has 2 N–H and O–H groups in total. The molecule has 5 nitrogen and oxygen atoms in total. The van der Waals surface area contributed by atoms with Crippen LogP contribution in [0.25, 0.3) is 0 Å². The Hall–Kier alpha value is -1.14. The molecule has 1 aromatic rings. The van der Waals surface area contributed by atoms with Crippen molar-refractivity contribution in [1.29, 1.82) is 0 Å². The molecule has 6 heteroatoms. The first-order valence-corrected chi connectivity index (χ1v) is 8.68. The Bertz CT molecular complexity index is 490. The normalized spacial score (nSPS) is 23.2. The first kappa shape index (κ1) is 14.8. The quantitative estimate of drug-likeness (QED) is 0.680. The molecule has 116 valence electrons. The Labute approximate surface area is 130 Å². The molecule has 3 rings (SSSR count). The Morgan fingerprint density at radius 3 is 3.14 bits per heavy atom. The summed E-state index contributed by atoms with van der Waals surface area (Å²) in [5.41, 5.74) is 7.41. The summed E-state index contributed by atoms with van der Waals surface area (Å²) in [6.45, 7) is 5.20. The van der Waals surface area contributed by atoms with Crippen LogP contribution in [-0.2, 0) is 24.0 Å². The number of thiazole rings is 1. The van der Waals surface area contributed by atoms with Crippen LogP contribution in [0.5, 0.6) is 0 Å². The van der Waals surface area contributed by atoms with E-state index in [2.05, 4.69) is 16.8 Å². The summed E-state index contributed by atoms with van der Waals surface area (Å²) >= 11 is 1.87. The largest absolute Gasteiger partial charge is 0.375 e. The minimum atomic E-state index is 0.234. The van der Waals surface area contributed by atoms with E-state index in [1.165, 1.54) is 34.8 Å². The van der Waals surface area contributed by atoms with Crippen LogP contribution < -0.4 is 5.73 Å². The number of morpholine rings is 1. The first-order valence-electron chi connectivity index (χ1n) is 7.86. The van der Waals surface area contributed by atoms with Crippen LogP contribution in [0.3, 0.4) is 0 Å². The van der Waals surface area contributed by atoms with Gasteiger partial charge in [-0.2, -0.15) is 0 Å². The summed E-state index contributed by atoms with van der Waals surface area (Å²) in [5, 5.41) is 1.22. The fraction of sp³-hybridized carbons (Fsp3) is 0.733. The molecule has 0 spiro atoms. The van der Waals surface area contributed by atoms with Gasteiger partial charge >= 0.3 is 0 Å². The molecule has 21 heavy (non-hydrogen) atoms. The number of nitrogens with two attached hydrogens (primary N) is 1. The lowest BCUT2D eigenvalue weighted by Gasteiger charge is -2.31. The van der Waals surface area contributed by atoms with E-state index < -0.39 is 0 Å². The lowest BCUT2D eigenvalue weighted by atomic mass is 10.0. The number of rotatable bonds is 3. The van der Waals surface area contributed by atoms with Crippen molar-refractivity contribution < 1.29 is 4.74 Å². The molecule has 2 heterocycles. The third-order valence-electron chi connectivity index (χ3n) is 4.05. The van der Waals surface area contributed by atoms with Crippen molar-refractivity contribution in [3.63, 3.8) is 0 Å². The summed E-state index contributed by atoms with van der Waals surface area (Å²) < 4.78 is 5.52. The van der Waals surface area contributed by atoms with Crippen molar-refractivity contribution in [2.75, 3.05) is 26.2 Å². The van der Waals surface area contributed by atoms with Crippen LogP contribution in [0.4, 0.5) is 0 Å². The zero-order valence-corrected chi connectivity index (χ0v) is 13.5. The number of guanidine groups is 1. The van der Waals surface area contributed by atoms with Gasteiger partial charge in [0.15, 0.2) is 5.96 Å². The van der Waals surface area contributed by atoms with Crippen molar-refractivity contribution in [3.8, 4) is 0 Å². The van der Waals surface area contributed by atoms with E-state index in [1.807, 2.05) is 11.3 Å². The maximum atomic E-state index is 6.08. The summed E-state index contributed by atoms with van der Waals surface area (Å²) in [6.07, 6.45) is 6.11. The molecule has 1 aliphatic heterocycles. The number of fused-ring (bicyclic) bond motifs is 1. The molecular formula is C15H24N4OS.